The van der Waals surface area contributed by atoms with Crippen molar-refractivity contribution in [2.45, 2.75) is 13.0 Å². The summed E-state index contributed by atoms with van der Waals surface area (Å²) in [6.45, 7) is 4.77. The summed E-state index contributed by atoms with van der Waals surface area (Å²) in [5.41, 5.74) is 1.67. The number of piperazine rings is 1. The van der Waals surface area contributed by atoms with Crippen LogP contribution in [0.25, 0.3) is 11.6 Å². The van der Waals surface area contributed by atoms with Gasteiger partial charge in [-0.3, -0.25) is 4.90 Å². The van der Waals surface area contributed by atoms with Crippen molar-refractivity contribution in [2.75, 3.05) is 26.7 Å². The lowest BCUT2D eigenvalue weighted by atomic mass is 10.2. The summed E-state index contributed by atoms with van der Waals surface area (Å²) < 4.78 is 5.33. The van der Waals surface area contributed by atoms with Crippen LogP contribution in [0.3, 0.4) is 0 Å². The van der Waals surface area contributed by atoms with Crippen LogP contribution in [0.15, 0.2) is 22.7 Å². The van der Waals surface area contributed by atoms with Crippen LogP contribution in [0.2, 0.25) is 0 Å². The second kappa shape index (κ2) is 6.30. The highest BCUT2D eigenvalue weighted by Gasteiger charge is 2.25. The largest absolute Gasteiger partial charge is 0.332 e. The molecule has 2 aromatic heterocycles. The fraction of sp³-hybridized carbons (Fsp3) is 0.462. The molecule has 0 aliphatic carbocycles. The van der Waals surface area contributed by atoms with E-state index in [1.807, 2.05) is 25.1 Å². The highest BCUT2D eigenvalue weighted by Crippen LogP contribution is 2.21. The first-order valence-corrected chi connectivity index (χ1v) is 6.42. The first-order chi connectivity index (χ1) is 9.24. The Morgan fingerprint density at radius 2 is 2.20 bits per heavy atom. The quantitative estimate of drug-likeness (QED) is 0.904. The SMILES string of the molecule is Cc1cccc(-c2nc(C3CNCCN3C)no2)n1.Cl. The molecule has 0 radical (unpaired) electrons. The number of aromatic nitrogens is 3. The van der Waals surface area contributed by atoms with Crippen molar-refractivity contribution in [1.29, 1.82) is 0 Å². The first-order valence-electron chi connectivity index (χ1n) is 6.42. The van der Waals surface area contributed by atoms with Gasteiger partial charge in [-0.2, -0.15) is 4.98 Å². The Balaban J connectivity index is 0.00000147. The Morgan fingerprint density at radius 1 is 1.35 bits per heavy atom. The van der Waals surface area contributed by atoms with Crippen molar-refractivity contribution < 1.29 is 4.52 Å². The molecule has 1 saturated heterocycles. The van der Waals surface area contributed by atoms with Crippen molar-refractivity contribution in [1.82, 2.24) is 25.3 Å². The number of hydrogen-bond acceptors (Lipinski definition) is 6. The molecule has 20 heavy (non-hydrogen) atoms. The van der Waals surface area contributed by atoms with E-state index in [0.29, 0.717) is 11.7 Å². The predicted molar refractivity (Wildman–Crippen MR) is 77.8 cm³/mol. The molecule has 0 amide bonds. The molecule has 1 unspecified atom stereocenters. The lowest BCUT2D eigenvalue weighted by molar-refractivity contribution is 0.190. The molecule has 0 saturated carbocycles. The highest BCUT2D eigenvalue weighted by atomic mass is 35.5. The number of nitrogens with one attached hydrogen (secondary N) is 1. The van der Waals surface area contributed by atoms with Gasteiger partial charge in [-0.15, -0.1) is 12.4 Å². The van der Waals surface area contributed by atoms with Gasteiger partial charge in [-0.05, 0) is 26.1 Å². The molecule has 1 aliphatic heterocycles. The third kappa shape index (κ3) is 2.98. The van der Waals surface area contributed by atoms with Crippen LogP contribution in [-0.4, -0.2) is 46.7 Å². The van der Waals surface area contributed by atoms with E-state index in [1.165, 1.54) is 0 Å². The third-order valence-electron chi connectivity index (χ3n) is 3.36. The Kier molecular flexibility index (Phi) is 4.69. The van der Waals surface area contributed by atoms with Crippen LogP contribution in [-0.2, 0) is 0 Å². The number of nitrogens with zero attached hydrogens (tertiary/aromatic N) is 4. The zero-order valence-corrected chi connectivity index (χ0v) is 12.4. The number of hydrogen-bond donors (Lipinski definition) is 1. The van der Waals surface area contributed by atoms with Gasteiger partial charge in [0.25, 0.3) is 5.89 Å². The molecule has 3 heterocycles. The topological polar surface area (TPSA) is 67.1 Å². The maximum atomic E-state index is 5.33. The van der Waals surface area contributed by atoms with E-state index in [-0.39, 0.29) is 18.4 Å². The van der Waals surface area contributed by atoms with E-state index < -0.39 is 0 Å². The van der Waals surface area contributed by atoms with Gasteiger partial charge in [-0.25, -0.2) is 4.98 Å². The number of aryl methyl sites for hydroxylation is 1. The molecule has 108 valence electrons. The van der Waals surface area contributed by atoms with Crippen molar-refractivity contribution in [2.24, 2.45) is 0 Å². The highest BCUT2D eigenvalue weighted by molar-refractivity contribution is 5.85. The summed E-state index contributed by atoms with van der Waals surface area (Å²) in [5.74, 6) is 1.20. The Labute approximate surface area is 124 Å². The van der Waals surface area contributed by atoms with Crippen molar-refractivity contribution in [3.05, 3.63) is 29.7 Å². The smallest absolute Gasteiger partial charge is 0.276 e. The minimum absolute atomic E-state index is 0. The summed E-state index contributed by atoms with van der Waals surface area (Å²) >= 11 is 0. The van der Waals surface area contributed by atoms with Crippen LogP contribution in [0.4, 0.5) is 0 Å². The molecular weight excluding hydrogens is 278 g/mol. The lowest BCUT2D eigenvalue weighted by Crippen LogP contribution is -2.44. The zero-order valence-electron chi connectivity index (χ0n) is 11.5. The van der Waals surface area contributed by atoms with Crippen molar-refractivity contribution >= 4 is 12.4 Å². The van der Waals surface area contributed by atoms with E-state index in [4.69, 9.17) is 4.52 Å². The Bertz CT molecular complexity index is 573. The van der Waals surface area contributed by atoms with Crippen molar-refractivity contribution in [3.63, 3.8) is 0 Å². The summed E-state index contributed by atoms with van der Waals surface area (Å²) in [6, 6.07) is 5.93. The van der Waals surface area contributed by atoms with Crippen LogP contribution < -0.4 is 5.32 Å². The van der Waals surface area contributed by atoms with E-state index in [2.05, 4.69) is 32.4 Å². The molecule has 7 heteroatoms. The van der Waals surface area contributed by atoms with Crippen molar-refractivity contribution in [3.8, 4) is 11.6 Å². The Hall–Kier alpha value is -1.50. The normalized spacial score (nSPS) is 19.6. The summed E-state index contributed by atoms with van der Waals surface area (Å²) in [7, 11) is 2.08. The molecule has 6 nitrogen and oxygen atoms in total. The fourth-order valence-corrected chi connectivity index (χ4v) is 2.23. The second-order valence-electron chi connectivity index (χ2n) is 4.82. The molecule has 0 bridgehead atoms. The van der Waals surface area contributed by atoms with Gasteiger partial charge in [0.05, 0.1) is 6.04 Å². The average molecular weight is 296 g/mol. The van der Waals surface area contributed by atoms with E-state index in [1.54, 1.807) is 0 Å². The average Bonchev–Trinajstić information content (AvgIpc) is 2.89. The minimum Gasteiger partial charge on any atom is -0.332 e. The maximum absolute atomic E-state index is 5.33. The molecule has 0 aromatic carbocycles. The molecule has 1 aliphatic rings. The number of rotatable bonds is 2. The van der Waals surface area contributed by atoms with Crippen LogP contribution in [0, 0.1) is 6.92 Å². The maximum Gasteiger partial charge on any atom is 0.276 e. The molecule has 2 aromatic rings. The minimum atomic E-state index is 0. The number of likely N-dealkylation sites (N-methyl/N-ethyl adjacent to an activating group) is 1. The molecular formula is C13H18ClN5O. The van der Waals surface area contributed by atoms with Gasteiger partial charge in [0, 0.05) is 25.3 Å². The summed E-state index contributed by atoms with van der Waals surface area (Å²) in [6.07, 6.45) is 0. The number of pyridine rings is 1. The summed E-state index contributed by atoms with van der Waals surface area (Å²) in [5, 5.41) is 7.43. The molecule has 3 rings (SSSR count). The van der Waals surface area contributed by atoms with E-state index in [0.717, 1.165) is 31.0 Å². The van der Waals surface area contributed by atoms with E-state index in [9.17, 15) is 0 Å². The van der Waals surface area contributed by atoms with Gasteiger partial charge >= 0.3 is 0 Å². The van der Waals surface area contributed by atoms with Crippen LogP contribution in [0.1, 0.15) is 17.6 Å². The monoisotopic (exact) mass is 295 g/mol. The van der Waals surface area contributed by atoms with Gasteiger partial charge in [0.2, 0.25) is 0 Å². The zero-order chi connectivity index (χ0) is 13.2. The molecule has 0 spiro atoms. The van der Waals surface area contributed by atoms with E-state index >= 15 is 0 Å². The van der Waals surface area contributed by atoms with Gasteiger partial charge < -0.3 is 9.84 Å². The van der Waals surface area contributed by atoms with Gasteiger partial charge in [-0.1, -0.05) is 11.2 Å². The lowest BCUT2D eigenvalue weighted by Gasteiger charge is -2.30. The standard InChI is InChI=1S/C13H17N5O.ClH/c1-9-4-3-5-10(15-9)13-16-12(17-19-13)11-8-14-6-7-18(11)2;/h3-5,11,14H,6-8H2,1-2H3;1H. The fourth-order valence-electron chi connectivity index (χ4n) is 2.23. The van der Waals surface area contributed by atoms with Gasteiger partial charge in [0.15, 0.2) is 5.82 Å². The third-order valence-corrected chi connectivity index (χ3v) is 3.36. The second-order valence-corrected chi connectivity index (χ2v) is 4.82. The summed E-state index contributed by atoms with van der Waals surface area (Å²) in [4.78, 5) is 11.1. The first kappa shape index (κ1) is 14.9. The number of halogens is 1. The molecule has 1 fully saturated rings. The molecule has 1 atom stereocenters. The Morgan fingerprint density at radius 3 is 2.95 bits per heavy atom. The van der Waals surface area contributed by atoms with Crippen LogP contribution in [0.5, 0.6) is 0 Å². The molecule has 1 N–H and O–H groups in total. The van der Waals surface area contributed by atoms with Crippen LogP contribution >= 0.6 is 12.4 Å². The predicted octanol–water partition coefficient (Wildman–Crippen LogP) is 1.44. The van der Waals surface area contributed by atoms with Gasteiger partial charge in [0.1, 0.15) is 5.69 Å².